The second-order valence-corrected chi connectivity index (χ2v) is 5.10. The van der Waals surface area contributed by atoms with E-state index in [-0.39, 0.29) is 6.10 Å². The predicted molar refractivity (Wildman–Crippen MR) is 68.3 cm³/mol. The van der Waals surface area contributed by atoms with Gasteiger partial charge in [0.1, 0.15) is 6.10 Å². The summed E-state index contributed by atoms with van der Waals surface area (Å²) in [6.45, 7) is 4.46. The summed E-state index contributed by atoms with van der Waals surface area (Å²) in [5.74, 6) is -0.467. The average Bonchev–Trinajstić information content (AvgIpc) is 2.59. The van der Waals surface area contributed by atoms with Gasteiger partial charge in [0, 0.05) is 4.48 Å². The van der Waals surface area contributed by atoms with Gasteiger partial charge < -0.3 is 9.47 Å². The van der Waals surface area contributed by atoms with Gasteiger partial charge in [-0.25, -0.2) is 0 Å². The van der Waals surface area contributed by atoms with E-state index in [1.165, 1.54) is 0 Å². The fourth-order valence-electron chi connectivity index (χ4n) is 1.65. The van der Waals surface area contributed by atoms with Crippen molar-refractivity contribution in [2.75, 3.05) is 6.61 Å². The Bertz CT molecular complexity index is 384. The smallest absolute Gasteiger partial charge is 0.163 e. The van der Waals surface area contributed by atoms with E-state index in [4.69, 9.17) is 9.47 Å². The highest BCUT2D eigenvalue weighted by atomic mass is 79.9. The predicted octanol–water partition coefficient (Wildman–Crippen LogP) is 3.57. The van der Waals surface area contributed by atoms with Crippen LogP contribution in [0.25, 0.3) is 4.48 Å². The third kappa shape index (κ3) is 2.94. The Morgan fingerprint density at radius 2 is 2.06 bits per heavy atom. The first-order chi connectivity index (χ1) is 7.57. The molecule has 0 N–H and O–H groups in total. The van der Waals surface area contributed by atoms with E-state index in [1.54, 1.807) is 0 Å². The van der Waals surface area contributed by atoms with Crippen molar-refractivity contribution in [2.45, 2.75) is 25.7 Å². The van der Waals surface area contributed by atoms with Crippen molar-refractivity contribution in [3.8, 4) is 0 Å². The molecule has 0 bridgehead atoms. The summed E-state index contributed by atoms with van der Waals surface area (Å²) in [6, 6.07) is 10.1. The number of benzene rings is 1. The molecule has 1 heterocycles. The fourth-order valence-corrected chi connectivity index (χ4v) is 2.21. The molecule has 0 radical (unpaired) electrons. The largest absolute Gasteiger partial charge is 0.347 e. The maximum absolute atomic E-state index is 5.71. The molecule has 0 amide bonds. The molecule has 1 aromatic carbocycles. The van der Waals surface area contributed by atoms with Crippen molar-refractivity contribution in [3.63, 3.8) is 0 Å². The maximum Gasteiger partial charge on any atom is 0.163 e. The molecule has 16 heavy (non-hydrogen) atoms. The first kappa shape index (κ1) is 11.8. The maximum atomic E-state index is 5.71. The molecule has 1 aromatic rings. The minimum Gasteiger partial charge on any atom is -0.347 e. The zero-order valence-corrected chi connectivity index (χ0v) is 11.0. The van der Waals surface area contributed by atoms with Crippen LogP contribution in [0.15, 0.2) is 36.4 Å². The van der Waals surface area contributed by atoms with Gasteiger partial charge in [-0.15, -0.1) is 0 Å². The Hall–Kier alpha value is -0.640. The Kier molecular flexibility index (Phi) is 3.47. The normalized spacial score (nSPS) is 24.7. The minimum atomic E-state index is -0.467. The Morgan fingerprint density at radius 1 is 1.38 bits per heavy atom. The summed E-state index contributed by atoms with van der Waals surface area (Å²) in [4.78, 5) is 0. The molecule has 3 heteroatoms. The molecule has 1 atom stereocenters. The molecule has 86 valence electrons. The molecule has 1 fully saturated rings. The van der Waals surface area contributed by atoms with Crippen molar-refractivity contribution in [1.29, 1.82) is 0 Å². The highest BCUT2D eigenvalue weighted by Crippen LogP contribution is 2.27. The van der Waals surface area contributed by atoms with Gasteiger partial charge in [0.15, 0.2) is 5.79 Å². The number of hydrogen-bond donors (Lipinski definition) is 0. The summed E-state index contributed by atoms with van der Waals surface area (Å²) in [5.41, 5.74) is 1.15. The second-order valence-electron chi connectivity index (χ2n) is 4.25. The molecule has 2 rings (SSSR count). The molecule has 2 nitrogen and oxygen atoms in total. The lowest BCUT2D eigenvalue weighted by Crippen LogP contribution is -2.20. The lowest BCUT2D eigenvalue weighted by molar-refractivity contribution is -0.133. The van der Waals surface area contributed by atoms with Crippen molar-refractivity contribution in [2.24, 2.45) is 0 Å². The standard InChI is InChI=1S/C13H15BrO2/c1-13(2)15-9-11(16-13)8-12(14)10-6-4-3-5-7-10/h3-8,11H,9H2,1-2H3/b12-8-/t11-/m0/s1. The molecule has 0 aliphatic carbocycles. The zero-order chi connectivity index (χ0) is 11.6. The highest BCUT2D eigenvalue weighted by molar-refractivity contribution is 9.15. The van der Waals surface area contributed by atoms with Gasteiger partial charge in [0.2, 0.25) is 0 Å². The first-order valence-corrected chi connectivity index (χ1v) is 6.11. The molecule has 0 aromatic heterocycles. The number of hydrogen-bond acceptors (Lipinski definition) is 2. The van der Waals surface area contributed by atoms with Crippen molar-refractivity contribution < 1.29 is 9.47 Å². The lowest BCUT2D eigenvalue weighted by atomic mass is 10.2. The summed E-state index contributed by atoms with van der Waals surface area (Å²) < 4.78 is 12.3. The van der Waals surface area contributed by atoms with Crippen molar-refractivity contribution in [1.82, 2.24) is 0 Å². The Labute approximate surface area is 104 Å². The van der Waals surface area contributed by atoms with Crippen LogP contribution in [-0.4, -0.2) is 18.5 Å². The second kappa shape index (κ2) is 4.70. The van der Waals surface area contributed by atoms with Gasteiger partial charge in [-0.3, -0.25) is 0 Å². The van der Waals surface area contributed by atoms with Gasteiger partial charge >= 0.3 is 0 Å². The quantitative estimate of drug-likeness (QED) is 0.826. The van der Waals surface area contributed by atoms with Crippen LogP contribution in [0.1, 0.15) is 19.4 Å². The van der Waals surface area contributed by atoms with E-state index in [0.29, 0.717) is 6.61 Å². The molecule has 1 aliphatic rings. The number of ether oxygens (including phenoxy) is 2. The molecular weight excluding hydrogens is 268 g/mol. The summed E-state index contributed by atoms with van der Waals surface area (Å²) in [6.07, 6.45) is 2.06. The minimum absolute atomic E-state index is 0.0181. The molecule has 1 saturated heterocycles. The Balaban J connectivity index is 2.08. The zero-order valence-electron chi connectivity index (χ0n) is 9.44. The van der Waals surface area contributed by atoms with Gasteiger partial charge in [-0.1, -0.05) is 46.3 Å². The van der Waals surface area contributed by atoms with E-state index >= 15 is 0 Å². The molecular formula is C13H15BrO2. The van der Waals surface area contributed by atoms with Crippen molar-refractivity contribution >= 4 is 20.4 Å². The number of halogens is 1. The van der Waals surface area contributed by atoms with Gasteiger partial charge in [0.05, 0.1) is 6.61 Å². The monoisotopic (exact) mass is 282 g/mol. The van der Waals surface area contributed by atoms with Gasteiger partial charge in [-0.05, 0) is 25.5 Å². The third-order valence-electron chi connectivity index (χ3n) is 2.41. The van der Waals surface area contributed by atoms with E-state index < -0.39 is 5.79 Å². The average molecular weight is 283 g/mol. The van der Waals surface area contributed by atoms with E-state index in [9.17, 15) is 0 Å². The van der Waals surface area contributed by atoms with E-state index in [0.717, 1.165) is 10.0 Å². The summed E-state index contributed by atoms with van der Waals surface area (Å²) in [5, 5.41) is 0. The van der Waals surface area contributed by atoms with Crippen LogP contribution in [0.4, 0.5) is 0 Å². The van der Waals surface area contributed by atoms with Crippen LogP contribution < -0.4 is 0 Å². The first-order valence-electron chi connectivity index (χ1n) is 5.31. The Morgan fingerprint density at radius 3 is 2.62 bits per heavy atom. The van der Waals surface area contributed by atoms with Gasteiger partial charge in [0.25, 0.3) is 0 Å². The third-order valence-corrected chi connectivity index (χ3v) is 3.13. The van der Waals surface area contributed by atoms with Crippen LogP contribution in [-0.2, 0) is 9.47 Å². The molecule has 0 spiro atoms. The number of rotatable bonds is 2. The van der Waals surface area contributed by atoms with Crippen molar-refractivity contribution in [3.05, 3.63) is 42.0 Å². The highest BCUT2D eigenvalue weighted by Gasteiger charge is 2.31. The topological polar surface area (TPSA) is 18.5 Å². The van der Waals surface area contributed by atoms with Crippen LogP contribution in [0.2, 0.25) is 0 Å². The van der Waals surface area contributed by atoms with Crippen LogP contribution in [0, 0.1) is 0 Å². The fraction of sp³-hybridized carbons (Fsp3) is 0.385. The summed E-state index contributed by atoms with van der Waals surface area (Å²) in [7, 11) is 0. The van der Waals surface area contributed by atoms with Gasteiger partial charge in [-0.2, -0.15) is 0 Å². The van der Waals surface area contributed by atoms with E-state index in [1.807, 2.05) is 38.1 Å². The van der Waals surface area contributed by atoms with E-state index in [2.05, 4.69) is 28.1 Å². The molecule has 0 unspecified atom stereocenters. The van der Waals surface area contributed by atoms with Crippen LogP contribution in [0.5, 0.6) is 0 Å². The molecule has 0 saturated carbocycles. The van der Waals surface area contributed by atoms with Crippen LogP contribution >= 0.6 is 15.9 Å². The van der Waals surface area contributed by atoms with Crippen LogP contribution in [0.3, 0.4) is 0 Å². The summed E-state index contributed by atoms with van der Waals surface area (Å²) >= 11 is 3.56. The lowest BCUT2D eigenvalue weighted by Gasteiger charge is -2.15. The molecule has 1 aliphatic heterocycles. The SMILES string of the molecule is CC1(C)OC[C@H](/C=C(\Br)c2ccccc2)O1.